The zero-order valence-corrected chi connectivity index (χ0v) is 13.3. The van der Waals surface area contributed by atoms with E-state index in [0.29, 0.717) is 22.6 Å². The maximum absolute atomic E-state index is 12.7. The first kappa shape index (κ1) is 15.4. The summed E-state index contributed by atoms with van der Waals surface area (Å²) in [6.45, 7) is 1.94. The number of carbonyl (C=O) groups excluding carboxylic acids is 2. The highest BCUT2D eigenvalue weighted by Crippen LogP contribution is 2.28. The summed E-state index contributed by atoms with van der Waals surface area (Å²) in [5, 5.41) is 5.05. The zero-order chi connectivity index (χ0) is 16.4. The molecular formula is C17H16ClN3O2. The van der Waals surface area contributed by atoms with E-state index in [4.69, 9.17) is 11.6 Å². The van der Waals surface area contributed by atoms with Crippen LogP contribution >= 0.6 is 11.6 Å². The number of hydrogen-bond donors (Lipinski definition) is 2. The van der Waals surface area contributed by atoms with Gasteiger partial charge in [-0.3, -0.25) is 15.0 Å². The van der Waals surface area contributed by atoms with E-state index >= 15 is 0 Å². The minimum absolute atomic E-state index is 0.280. The maximum Gasteiger partial charge on any atom is 0.276 e. The van der Waals surface area contributed by atoms with Gasteiger partial charge in [0.15, 0.2) is 0 Å². The third-order valence-corrected chi connectivity index (χ3v) is 3.94. The van der Waals surface area contributed by atoms with E-state index in [1.165, 1.54) is 5.01 Å². The number of halogens is 1. The van der Waals surface area contributed by atoms with Crippen LogP contribution < -0.4 is 10.7 Å². The molecule has 1 unspecified atom stereocenters. The van der Waals surface area contributed by atoms with E-state index in [0.717, 1.165) is 5.69 Å². The van der Waals surface area contributed by atoms with E-state index in [-0.39, 0.29) is 18.0 Å². The van der Waals surface area contributed by atoms with Gasteiger partial charge in [0, 0.05) is 16.3 Å². The van der Waals surface area contributed by atoms with Gasteiger partial charge in [0.1, 0.15) is 6.17 Å². The molecule has 0 radical (unpaired) electrons. The quantitative estimate of drug-likeness (QED) is 0.908. The molecule has 0 saturated heterocycles. The number of carbonyl (C=O) groups is 2. The summed E-state index contributed by atoms with van der Waals surface area (Å²) in [6, 6.07) is 13.9. The summed E-state index contributed by atoms with van der Waals surface area (Å²) in [4.78, 5) is 25.1. The van der Waals surface area contributed by atoms with Crippen molar-refractivity contribution in [1.29, 1.82) is 0 Å². The Bertz CT molecular complexity index is 749. The van der Waals surface area contributed by atoms with Gasteiger partial charge in [0.2, 0.25) is 0 Å². The number of fused-ring (bicyclic) bond motifs is 1. The van der Waals surface area contributed by atoms with Gasteiger partial charge in [-0.2, -0.15) is 0 Å². The average Bonchev–Trinajstić information content (AvgIpc) is 2.58. The van der Waals surface area contributed by atoms with E-state index in [2.05, 4.69) is 10.7 Å². The number of nitrogens with zero attached hydrogens (tertiary/aromatic N) is 1. The lowest BCUT2D eigenvalue weighted by molar-refractivity contribution is 0.0488. The summed E-state index contributed by atoms with van der Waals surface area (Å²) in [5.74, 6) is -0.609. The molecule has 3 rings (SSSR count). The number of nitrogens with one attached hydrogen (secondary N) is 2. The lowest BCUT2D eigenvalue weighted by atomic mass is 10.1. The number of hydrazine groups is 1. The van der Waals surface area contributed by atoms with Crippen molar-refractivity contribution in [2.24, 2.45) is 0 Å². The Labute approximate surface area is 139 Å². The van der Waals surface area contributed by atoms with Gasteiger partial charge in [-0.15, -0.1) is 0 Å². The van der Waals surface area contributed by atoms with Gasteiger partial charge in [-0.05, 0) is 36.8 Å². The van der Waals surface area contributed by atoms with Crippen LogP contribution in [0.5, 0.6) is 0 Å². The second-order valence-corrected chi connectivity index (χ2v) is 5.68. The standard InChI is InChI=1S/C17H16ClN3O2/c1-2-15-19-14-9-8-12(18)10-13(14)17(23)21(15)20-16(22)11-6-4-3-5-7-11/h3-10,15,19H,2H2,1H3,(H,20,22). The summed E-state index contributed by atoms with van der Waals surface area (Å²) in [6.07, 6.45) is 0.326. The maximum atomic E-state index is 12.7. The van der Waals surface area contributed by atoms with E-state index < -0.39 is 0 Å². The Morgan fingerprint density at radius 1 is 1.26 bits per heavy atom. The van der Waals surface area contributed by atoms with Gasteiger partial charge in [0.25, 0.3) is 11.8 Å². The molecule has 1 aliphatic heterocycles. The molecule has 1 atom stereocenters. The predicted molar refractivity (Wildman–Crippen MR) is 89.2 cm³/mol. The van der Waals surface area contributed by atoms with Crippen molar-refractivity contribution in [1.82, 2.24) is 10.4 Å². The van der Waals surface area contributed by atoms with Gasteiger partial charge < -0.3 is 5.32 Å². The fourth-order valence-corrected chi connectivity index (χ4v) is 2.68. The number of amides is 2. The highest BCUT2D eigenvalue weighted by molar-refractivity contribution is 6.31. The number of hydrogen-bond acceptors (Lipinski definition) is 3. The van der Waals surface area contributed by atoms with Crippen LogP contribution in [0.4, 0.5) is 5.69 Å². The van der Waals surface area contributed by atoms with Gasteiger partial charge in [-0.1, -0.05) is 36.7 Å². The summed E-state index contributed by atoms with van der Waals surface area (Å²) < 4.78 is 0. The molecular weight excluding hydrogens is 314 g/mol. The highest BCUT2D eigenvalue weighted by atomic mass is 35.5. The molecule has 2 amide bonds. The van der Waals surface area contributed by atoms with Crippen molar-refractivity contribution in [3.63, 3.8) is 0 Å². The minimum Gasteiger partial charge on any atom is -0.363 e. The summed E-state index contributed by atoms with van der Waals surface area (Å²) in [7, 11) is 0. The molecule has 2 N–H and O–H groups in total. The summed E-state index contributed by atoms with van der Waals surface area (Å²) in [5.41, 5.74) is 4.34. The SMILES string of the molecule is CCC1Nc2ccc(Cl)cc2C(=O)N1NC(=O)c1ccccc1. The zero-order valence-electron chi connectivity index (χ0n) is 12.5. The van der Waals surface area contributed by atoms with Crippen LogP contribution in [-0.4, -0.2) is 23.0 Å². The molecule has 0 aromatic heterocycles. The molecule has 1 heterocycles. The van der Waals surface area contributed by atoms with Crippen molar-refractivity contribution in [3.05, 3.63) is 64.7 Å². The topological polar surface area (TPSA) is 61.4 Å². The average molecular weight is 330 g/mol. The van der Waals surface area contributed by atoms with Crippen LogP contribution in [0.15, 0.2) is 48.5 Å². The third kappa shape index (κ3) is 3.00. The van der Waals surface area contributed by atoms with Gasteiger partial charge in [0.05, 0.1) is 5.56 Å². The first-order valence-corrected chi connectivity index (χ1v) is 7.73. The molecule has 0 bridgehead atoms. The number of rotatable bonds is 3. The molecule has 0 saturated carbocycles. The van der Waals surface area contributed by atoms with Gasteiger partial charge >= 0.3 is 0 Å². The molecule has 0 spiro atoms. The molecule has 118 valence electrons. The lowest BCUT2D eigenvalue weighted by Crippen LogP contribution is -2.57. The molecule has 6 heteroatoms. The fraction of sp³-hybridized carbons (Fsp3) is 0.176. The van der Waals surface area contributed by atoms with Crippen LogP contribution in [0.25, 0.3) is 0 Å². The van der Waals surface area contributed by atoms with Gasteiger partial charge in [-0.25, -0.2) is 5.01 Å². The van der Waals surface area contributed by atoms with Crippen LogP contribution in [0.1, 0.15) is 34.1 Å². The Hall–Kier alpha value is -2.53. The van der Waals surface area contributed by atoms with E-state index in [9.17, 15) is 9.59 Å². The van der Waals surface area contributed by atoms with Crippen molar-refractivity contribution in [2.75, 3.05) is 5.32 Å². The van der Waals surface area contributed by atoms with Crippen LogP contribution in [0.3, 0.4) is 0 Å². The fourth-order valence-electron chi connectivity index (χ4n) is 2.51. The Morgan fingerprint density at radius 3 is 2.70 bits per heavy atom. The van der Waals surface area contributed by atoms with Crippen molar-refractivity contribution in [3.8, 4) is 0 Å². The number of benzene rings is 2. The Balaban J connectivity index is 1.88. The molecule has 2 aromatic rings. The normalized spacial score (nSPS) is 16.5. The largest absolute Gasteiger partial charge is 0.363 e. The molecule has 1 aliphatic rings. The van der Waals surface area contributed by atoms with Crippen molar-refractivity contribution >= 4 is 29.1 Å². The molecule has 0 aliphatic carbocycles. The lowest BCUT2D eigenvalue weighted by Gasteiger charge is -2.37. The Morgan fingerprint density at radius 2 is 2.00 bits per heavy atom. The van der Waals surface area contributed by atoms with E-state index in [1.54, 1.807) is 42.5 Å². The molecule has 0 fully saturated rings. The highest BCUT2D eigenvalue weighted by Gasteiger charge is 2.32. The second-order valence-electron chi connectivity index (χ2n) is 5.24. The first-order chi connectivity index (χ1) is 11.1. The van der Waals surface area contributed by atoms with E-state index in [1.807, 2.05) is 13.0 Å². The predicted octanol–water partition coefficient (Wildman–Crippen LogP) is 3.29. The summed E-state index contributed by atoms with van der Waals surface area (Å²) >= 11 is 5.98. The molecule has 5 nitrogen and oxygen atoms in total. The molecule has 23 heavy (non-hydrogen) atoms. The second kappa shape index (κ2) is 6.30. The van der Waals surface area contributed by atoms with Crippen molar-refractivity contribution < 1.29 is 9.59 Å². The Kier molecular flexibility index (Phi) is 4.21. The monoisotopic (exact) mass is 329 g/mol. The van der Waals surface area contributed by atoms with Crippen molar-refractivity contribution in [2.45, 2.75) is 19.5 Å². The number of anilines is 1. The van der Waals surface area contributed by atoms with Crippen LogP contribution in [-0.2, 0) is 0 Å². The smallest absolute Gasteiger partial charge is 0.276 e. The minimum atomic E-state index is -0.329. The molecule has 2 aromatic carbocycles. The first-order valence-electron chi connectivity index (χ1n) is 7.36. The van der Waals surface area contributed by atoms with Crippen LogP contribution in [0, 0.1) is 0 Å². The third-order valence-electron chi connectivity index (χ3n) is 3.71. The van der Waals surface area contributed by atoms with Crippen LogP contribution in [0.2, 0.25) is 5.02 Å².